The van der Waals surface area contributed by atoms with Gasteiger partial charge in [0.1, 0.15) is 4.88 Å². The van der Waals surface area contributed by atoms with Crippen molar-refractivity contribution in [2.24, 2.45) is 0 Å². The van der Waals surface area contributed by atoms with E-state index in [0.717, 1.165) is 17.5 Å². The van der Waals surface area contributed by atoms with Crippen LogP contribution in [0.5, 0.6) is 0 Å². The Balaban J connectivity index is 2.56. The molecule has 1 N–H and O–H groups in total. The Morgan fingerprint density at radius 2 is 2.18 bits per heavy atom. The van der Waals surface area contributed by atoms with Crippen LogP contribution in [0.15, 0.2) is 24.5 Å². The molecule has 2 rings (SSSR count). The molecule has 0 bridgehead atoms. The minimum atomic E-state index is -1.06. The number of carboxylic acids is 1. The van der Waals surface area contributed by atoms with Crippen LogP contribution in [-0.4, -0.2) is 22.3 Å². The van der Waals surface area contributed by atoms with E-state index >= 15 is 0 Å². The first kappa shape index (κ1) is 11.4. The normalized spacial score (nSPS) is 10.2. The van der Waals surface area contributed by atoms with Crippen LogP contribution < -0.4 is 0 Å². The SMILES string of the molecule is O=Cc1c(F)cncc1-c1ccc(C(=O)O)s1. The van der Waals surface area contributed by atoms with Crippen LogP contribution >= 0.6 is 11.3 Å². The fourth-order valence-electron chi connectivity index (χ4n) is 1.36. The molecule has 0 fully saturated rings. The molecule has 2 aromatic heterocycles. The number of aldehydes is 1. The smallest absolute Gasteiger partial charge is 0.345 e. The Morgan fingerprint density at radius 1 is 1.41 bits per heavy atom. The largest absolute Gasteiger partial charge is 0.477 e. The van der Waals surface area contributed by atoms with Gasteiger partial charge >= 0.3 is 5.97 Å². The molecule has 86 valence electrons. The molecule has 0 aliphatic carbocycles. The molecule has 0 atom stereocenters. The van der Waals surface area contributed by atoms with Gasteiger partial charge in [0.05, 0.1) is 11.8 Å². The minimum Gasteiger partial charge on any atom is -0.477 e. The fourth-order valence-corrected chi connectivity index (χ4v) is 2.23. The van der Waals surface area contributed by atoms with E-state index in [-0.39, 0.29) is 10.4 Å². The van der Waals surface area contributed by atoms with Crippen molar-refractivity contribution in [1.82, 2.24) is 4.98 Å². The predicted octanol–water partition coefficient (Wildman–Crippen LogP) is 2.46. The van der Waals surface area contributed by atoms with Crippen molar-refractivity contribution >= 4 is 23.6 Å². The van der Waals surface area contributed by atoms with E-state index in [1.165, 1.54) is 18.3 Å². The molecule has 6 heteroatoms. The molecular weight excluding hydrogens is 245 g/mol. The average molecular weight is 251 g/mol. The first-order valence-electron chi connectivity index (χ1n) is 4.55. The summed E-state index contributed by atoms with van der Waals surface area (Å²) in [5, 5.41) is 8.78. The molecule has 0 spiro atoms. The van der Waals surface area contributed by atoms with Gasteiger partial charge in [-0.1, -0.05) is 0 Å². The van der Waals surface area contributed by atoms with E-state index in [1.807, 2.05) is 0 Å². The molecule has 2 heterocycles. The second kappa shape index (κ2) is 4.42. The third-order valence-electron chi connectivity index (χ3n) is 2.14. The zero-order valence-corrected chi connectivity index (χ0v) is 9.20. The number of carbonyl (C=O) groups is 2. The molecule has 0 saturated heterocycles. The first-order valence-corrected chi connectivity index (χ1v) is 5.37. The summed E-state index contributed by atoms with van der Waals surface area (Å²) in [4.78, 5) is 25.8. The van der Waals surface area contributed by atoms with Gasteiger partial charge in [-0.2, -0.15) is 0 Å². The molecule has 0 aromatic carbocycles. The Labute approximate surface area is 99.4 Å². The monoisotopic (exact) mass is 251 g/mol. The number of hydrogen-bond donors (Lipinski definition) is 1. The van der Waals surface area contributed by atoms with Crippen molar-refractivity contribution in [3.63, 3.8) is 0 Å². The van der Waals surface area contributed by atoms with Crippen molar-refractivity contribution in [1.29, 1.82) is 0 Å². The highest BCUT2D eigenvalue weighted by Gasteiger charge is 2.14. The average Bonchev–Trinajstić information content (AvgIpc) is 2.77. The third-order valence-corrected chi connectivity index (χ3v) is 3.25. The number of pyridine rings is 1. The van der Waals surface area contributed by atoms with Gasteiger partial charge in [-0.05, 0) is 12.1 Å². The maximum absolute atomic E-state index is 13.3. The van der Waals surface area contributed by atoms with E-state index in [1.54, 1.807) is 0 Å². The van der Waals surface area contributed by atoms with Gasteiger partial charge in [0, 0.05) is 16.6 Å². The van der Waals surface area contributed by atoms with Gasteiger partial charge in [0.15, 0.2) is 12.1 Å². The van der Waals surface area contributed by atoms with Crippen LogP contribution in [0.4, 0.5) is 4.39 Å². The lowest BCUT2D eigenvalue weighted by molar-refractivity contribution is 0.0702. The summed E-state index contributed by atoms with van der Waals surface area (Å²) in [7, 11) is 0. The molecule has 17 heavy (non-hydrogen) atoms. The third kappa shape index (κ3) is 2.07. The second-order valence-electron chi connectivity index (χ2n) is 3.17. The Kier molecular flexibility index (Phi) is 2.97. The van der Waals surface area contributed by atoms with Gasteiger partial charge in [-0.25, -0.2) is 9.18 Å². The number of rotatable bonds is 3. The summed E-state index contributed by atoms with van der Waals surface area (Å²) in [5.41, 5.74) is 0.191. The fraction of sp³-hybridized carbons (Fsp3) is 0. The van der Waals surface area contributed by atoms with E-state index < -0.39 is 11.8 Å². The summed E-state index contributed by atoms with van der Waals surface area (Å²) < 4.78 is 13.3. The Morgan fingerprint density at radius 3 is 2.76 bits per heavy atom. The van der Waals surface area contributed by atoms with Gasteiger partial charge in [0.2, 0.25) is 0 Å². The number of nitrogens with zero attached hydrogens (tertiary/aromatic N) is 1. The van der Waals surface area contributed by atoms with Crippen molar-refractivity contribution in [2.45, 2.75) is 0 Å². The lowest BCUT2D eigenvalue weighted by atomic mass is 10.1. The van der Waals surface area contributed by atoms with Crippen molar-refractivity contribution in [3.8, 4) is 10.4 Å². The highest BCUT2D eigenvalue weighted by molar-refractivity contribution is 7.17. The molecule has 0 amide bonds. The van der Waals surface area contributed by atoms with Gasteiger partial charge < -0.3 is 5.11 Å². The summed E-state index contributed by atoms with van der Waals surface area (Å²) in [6, 6.07) is 2.93. The summed E-state index contributed by atoms with van der Waals surface area (Å²) in [5.74, 6) is -1.78. The summed E-state index contributed by atoms with van der Waals surface area (Å²) in [6.07, 6.45) is 2.68. The lowest BCUT2D eigenvalue weighted by Gasteiger charge is -2.01. The molecule has 0 radical (unpaired) electrons. The lowest BCUT2D eigenvalue weighted by Crippen LogP contribution is -1.93. The second-order valence-corrected chi connectivity index (χ2v) is 4.25. The zero-order chi connectivity index (χ0) is 12.4. The van der Waals surface area contributed by atoms with Crippen LogP contribution in [0.25, 0.3) is 10.4 Å². The van der Waals surface area contributed by atoms with E-state index in [4.69, 9.17) is 5.11 Å². The van der Waals surface area contributed by atoms with Crippen molar-refractivity contribution in [3.05, 3.63) is 40.8 Å². The maximum atomic E-state index is 13.3. The molecule has 2 aromatic rings. The van der Waals surface area contributed by atoms with Gasteiger partial charge in [0.25, 0.3) is 0 Å². The Hall–Kier alpha value is -2.08. The molecule has 4 nitrogen and oxygen atoms in total. The van der Waals surface area contributed by atoms with E-state index in [0.29, 0.717) is 16.7 Å². The molecule has 0 saturated carbocycles. The highest BCUT2D eigenvalue weighted by Crippen LogP contribution is 2.30. The van der Waals surface area contributed by atoms with E-state index in [9.17, 15) is 14.0 Å². The summed E-state index contributed by atoms with van der Waals surface area (Å²) >= 11 is 0.967. The molecular formula is C11H6FNO3S. The van der Waals surface area contributed by atoms with Crippen LogP contribution in [0, 0.1) is 5.82 Å². The molecule has 0 aliphatic heterocycles. The number of carboxylic acid groups (broad SMARTS) is 1. The number of hydrogen-bond acceptors (Lipinski definition) is 4. The first-order chi connectivity index (χ1) is 8.13. The van der Waals surface area contributed by atoms with Crippen LogP contribution in [0.3, 0.4) is 0 Å². The number of aromatic nitrogens is 1. The topological polar surface area (TPSA) is 67.3 Å². The maximum Gasteiger partial charge on any atom is 0.345 e. The van der Waals surface area contributed by atoms with E-state index in [2.05, 4.69) is 4.98 Å². The number of thiophene rings is 1. The van der Waals surface area contributed by atoms with Crippen LogP contribution in [0.2, 0.25) is 0 Å². The van der Waals surface area contributed by atoms with Gasteiger partial charge in [-0.3, -0.25) is 9.78 Å². The predicted molar refractivity (Wildman–Crippen MR) is 59.9 cm³/mol. The number of aromatic carboxylic acids is 1. The number of carbonyl (C=O) groups excluding carboxylic acids is 1. The van der Waals surface area contributed by atoms with Crippen molar-refractivity contribution in [2.75, 3.05) is 0 Å². The van der Waals surface area contributed by atoms with Crippen LogP contribution in [0.1, 0.15) is 20.0 Å². The molecule has 0 aliphatic rings. The zero-order valence-electron chi connectivity index (χ0n) is 8.38. The quantitative estimate of drug-likeness (QED) is 0.851. The van der Waals surface area contributed by atoms with Gasteiger partial charge in [-0.15, -0.1) is 11.3 Å². The molecule has 0 unspecified atom stereocenters. The minimum absolute atomic E-state index is 0.112. The highest BCUT2D eigenvalue weighted by atomic mass is 32.1. The van der Waals surface area contributed by atoms with Crippen molar-refractivity contribution < 1.29 is 19.1 Å². The van der Waals surface area contributed by atoms with Crippen LogP contribution in [-0.2, 0) is 0 Å². The standard InChI is InChI=1S/C11H6FNO3S/c12-8-4-13-3-6(7(8)5-14)9-1-2-10(17-9)11(15)16/h1-5H,(H,15,16). The Bertz CT molecular complexity index is 594. The number of halogens is 1. The summed E-state index contributed by atoms with van der Waals surface area (Å²) in [6.45, 7) is 0.